The molecule has 0 amide bonds. The number of phosphoric acid groups is 3. The lowest BCUT2D eigenvalue weighted by molar-refractivity contribution is -0.00794. The van der Waals surface area contributed by atoms with Crippen LogP contribution in [-0.4, -0.2) is 63.0 Å². The molecule has 1 heterocycles. The van der Waals surface area contributed by atoms with Gasteiger partial charge in [-0.1, -0.05) is 5.92 Å². The molecule has 24 heavy (non-hydrogen) atoms. The van der Waals surface area contributed by atoms with Gasteiger partial charge >= 0.3 is 23.5 Å². The molecule has 0 aromatic carbocycles. The first kappa shape index (κ1) is 21.9. The summed E-state index contributed by atoms with van der Waals surface area (Å²) >= 11 is 0. The van der Waals surface area contributed by atoms with Crippen molar-refractivity contribution in [2.75, 3.05) is 6.61 Å². The van der Waals surface area contributed by atoms with E-state index in [2.05, 4.69) is 13.1 Å². The third kappa shape index (κ3) is 5.71. The lowest BCUT2D eigenvalue weighted by atomic mass is 9.82. The molecule has 12 nitrogen and oxygen atoms in total. The van der Waals surface area contributed by atoms with Crippen molar-refractivity contribution >= 4 is 31.3 Å². The van der Waals surface area contributed by atoms with Gasteiger partial charge in [0.25, 0.3) is 0 Å². The van der Waals surface area contributed by atoms with E-state index in [9.17, 15) is 28.1 Å². The molecule has 2 unspecified atom stereocenters. The molecule has 0 saturated carbocycles. The fraction of sp³-hybridized carbons (Fsp3) is 0.714. The van der Waals surface area contributed by atoms with Crippen LogP contribution in [-0.2, 0) is 31.6 Å². The summed E-state index contributed by atoms with van der Waals surface area (Å²) in [5.74, 6) is 1.55. The average Bonchev–Trinajstić information content (AvgIpc) is 2.57. The van der Waals surface area contributed by atoms with Crippen LogP contribution in [0.1, 0.15) is 0 Å². The Morgan fingerprint density at radius 2 is 1.75 bits per heavy atom. The minimum absolute atomic E-state index is 1.08. The van der Waals surface area contributed by atoms with Crippen LogP contribution >= 0.6 is 23.5 Å². The van der Waals surface area contributed by atoms with Crippen molar-refractivity contribution in [3.05, 3.63) is 0 Å². The third-order valence-electron chi connectivity index (χ3n) is 2.56. The zero-order valence-electron chi connectivity index (χ0n) is 11.4. The Morgan fingerprint density at radius 3 is 2.17 bits per heavy atom. The summed E-state index contributed by atoms with van der Waals surface area (Å²) in [7, 11) is -11.5. The molecule has 5 N–H and O–H groups in total. The molecule has 0 aromatic heterocycles. The maximum Gasteiger partial charge on any atom is 0.490 e. The second-order valence-corrected chi connectivity index (χ2v) is 8.76. The largest absolute Gasteiger partial charge is 0.490 e. The van der Waals surface area contributed by atoms with Crippen molar-refractivity contribution in [3.63, 3.8) is 0 Å². The van der Waals surface area contributed by atoms with Crippen LogP contribution in [0.2, 0.25) is 0 Å². The SMILES string of the molecule is [B][C@@H]1O[C@H](COP(=O)(O)OP(=O)(O)OP(=O)(O)O)[C@@H](O)[C@]1(F)C#C. The monoisotopic (exact) mass is 410 g/mol. The second-order valence-electron chi connectivity index (χ2n) is 4.34. The Hall–Kier alpha value is -0.115. The van der Waals surface area contributed by atoms with Gasteiger partial charge in [0.2, 0.25) is 5.67 Å². The van der Waals surface area contributed by atoms with Crippen molar-refractivity contribution in [1.29, 1.82) is 0 Å². The lowest BCUT2D eigenvalue weighted by Crippen LogP contribution is -2.43. The molecule has 1 rings (SSSR count). The number of ether oxygens (including phenoxy) is 1. The van der Waals surface area contributed by atoms with Gasteiger partial charge in [-0.25, -0.2) is 18.1 Å². The summed E-state index contributed by atoms with van der Waals surface area (Å²) in [6.07, 6.45) is 1.15. The van der Waals surface area contributed by atoms with Gasteiger partial charge in [0.15, 0.2) is 0 Å². The number of halogens is 1. The number of hydrogen-bond donors (Lipinski definition) is 5. The van der Waals surface area contributed by atoms with Crippen molar-refractivity contribution < 1.29 is 60.6 Å². The van der Waals surface area contributed by atoms with Crippen LogP contribution in [0.15, 0.2) is 0 Å². The van der Waals surface area contributed by atoms with Gasteiger partial charge in [0.1, 0.15) is 20.1 Å². The molecule has 2 radical (unpaired) electrons. The van der Waals surface area contributed by atoms with E-state index < -0.39 is 54.0 Å². The van der Waals surface area contributed by atoms with Gasteiger partial charge < -0.3 is 29.4 Å². The molecular formula is C7H11BFO12P3. The topological polar surface area (TPSA) is 189 Å². The summed E-state index contributed by atoms with van der Waals surface area (Å²) in [6.45, 7) is -1.08. The van der Waals surface area contributed by atoms with Gasteiger partial charge in [-0.15, -0.1) is 6.42 Å². The van der Waals surface area contributed by atoms with E-state index in [0.717, 1.165) is 0 Å². The zero-order chi connectivity index (χ0) is 19.0. The van der Waals surface area contributed by atoms with Crippen LogP contribution < -0.4 is 0 Å². The van der Waals surface area contributed by atoms with E-state index in [-0.39, 0.29) is 0 Å². The molecule has 1 saturated heterocycles. The Bertz CT molecular complexity index is 660. The van der Waals surface area contributed by atoms with E-state index in [1.54, 1.807) is 5.92 Å². The van der Waals surface area contributed by atoms with Crippen molar-refractivity contribution in [1.82, 2.24) is 0 Å². The highest BCUT2D eigenvalue weighted by molar-refractivity contribution is 7.66. The molecule has 17 heteroatoms. The maximum absolute atomic E-state index is 14.0. The number of terminal acetylenes is 1. The predicted octanol–water partition coefficient (Wildman–Crippen LogP) is -1.07. The molecule has 0 spiro atoms. The first-order valence-corrected chi connectivity index (χ1v) is 10.2. The fourth-order valence-electron chi connectivity index (χ4n) is 1.57. The Labute approximate surface area is 135 Å². The minimum atomic E-state index is -5.69. The Balaban J connectivity index is 2.70. The highest BCUT2D eigenvalue weighted by Crippen LogP contribution is 2.66. The number of aliphatic hydroxyl groups excluding tert-OH is 1. The number of hydrogen-bond acceptors (Lipinski definition) is 8. The second kappa shape index (κ2) is 7.25. The van der Waals surface area contributed by atoms with Gasteiger partial charge in [-0.05, 0) is 0 Å². The quantitative estimate of drug-likeness (QED) is 0.194. The van der Waals surface area contributed by atoms with Gasteiger partial charge in [0.05, 0.1) is 12.6 Å². The standard InChI is InChI=1S/C7H11BFO12P3/c1-2-7(9)5(10)4(19-6(7)8)3-18-23(14,15)21-24(16,17)20-22(11,12)13/h1,4-6,10H,3H2,(H,14,15)(H,16,17)(H2,11,12,13)/t4-,5-,6-,7-/m1/s1. The van der Waals surface area contributed by atoms with Gasteiger partial charge in [-0.2, -0.15) is 8.62 Å². The van der Waals surface area contributed by atoms with Crippen molar-refractivity contribution in [3.8, 4) is 12.3 Å². The normalized spacial score (nSPS) is 35.8. The third-order valence-corrected chi connectivity index (χ3v) is 6.36. The summed E-state index contributed by atoms with van der Waals surface area (Å²) in [6, 6.07) is -1.79. The number of alkyl halides is 1. The Morgan fingerprint density at radius 1 is 1.21 bits per heavy atom. The molecule has 1 aliphatic rings. The van der Waals surface area contributed by atoms with E-state index >= 15 is 0 Å². The minimum Gasteiger partial charge on any atom is -0.386 e. The molecule has 1 aliphatic heterocycles. The van der Waals surface area contributed by atoms with Crippen LogP contribution in [0, 0.1) is 12.3 Å². The molecule has 0 aromatic rings. The zero-order valence-corrected chi connectivity index (χ0v) is 14.1. The van der Waals surface area contributed by atoms with E-state index in [1.807, 2.05) is 0 Å². The summed E-state index contributed by atoms with van der Waals surface area (Å²) in [4.78, 5) is 34.8. The van der Waals surface area contributed by atoms with Gasteiger partial charge in [0, 0.05) is 0 Å². The summed E-state index contributed by atoms with van der Waals surface area (Å²) < 4.78 is 62.7. The van der Waals surface area contributed by atoms with Crippen LogP contribution in [0.3, 0.4) is 0 Å². The number of rotatable bonds is 7. The van der Waals surface area contributed by atoms with Crippen LogP contribution in [0.5, 0.6) is 0 Å². The number of phosphoric ester groups is 1. The maximum atomic E-state index is 14.0. The van der Waals surface area contributed by atoms with Gasteiger partial charge in [-0.3, -0.25) is 4.52 Å². The van der Waals surface area contributed by atoms with Crippen molar-refractivity contribution in [2.45, 2.75) is 23.9 Å². The van der Waals surface area contributed by atoms with Crippen LogP contribution in [0.25, 0.3) is 0 Å². The van der Waals surface area contributed by atoms with E-state index in [4.69, 9.17) is 33.7 Å². The molecular weight excluding hydrogens is 399 g/mol. The summed E-state index contributed by atoms with van der Waals surface area (Å²) in [5.41, 5.74) is -2.82. The highest BCUT2D eigenvalue weighted by Gasteiger charge is 2.54. The molecule has 1 fully saturated rings. The molecule has 0 aliphatic carbocycles. The van der Waals surface area contributed by atoms with E-state index in [0.29, 0.717) is 0 Å². The predicted molar refractivity (Wildman–Crippen MR) is 72.9 cm³/mol. The Kier molecular flexibility index (Phi) is 6.62. The lowest BCUT2D eigenvalue weighted by Gasteiger charge is -2.21. The van der Waals surface area contributed by atoms with E-state index in [1.165, 1.54) is 0 Å². The first-order valence-electron chi connectivity index (χ1n) is 5.66. The smallest absolute Gasteiger partial charge is 0.386 e. The number of aliphatic hydroxyl groups is 1. The first-order chi connectivity index (χ1) is 10.6. The summed E-state index contributed by atoms with van der Waals surface area (Å²) in [5, 5.41) is 9.61. The molecule has 0 bridgehead atoms. The fourth-order valence-corrected chi connectivity index (χ4v) is 4.60. The van der Waals surface area contributed by atoms with Crippen LogP contribution in [0.4, 0.5) is 4.39 Å². The van der Waals surface area contributed by atoms with Crippen molar-refractivity contribution in [2.24, 2.45) is 0 Å². The average molecular weight is 410 g/mol. The molecule has 6 atom stereocenters. The highest BCUT2D eigenvalue weighted by atomic mass is 31.3. The molecule has 136 valence electrons.